The van der Waals surface area contributed by atoms with Crippen LogP contribution in [-0.2, 0) is 0 Å². The second-order valence-corrected chi connectivity index (χ2v) is 9.64. The Labute approximate surface area is 93.7 Å². The summed E-state index contributed by atoms with van der Waals surface area (Å²) < 4.78 is 13.6. The zero-order valence-corrected chi connectivity index (χ0v) is 11.1. The molecule has 0 saturated carbocycles. The van der Waals surface area contributed by atoms with Crippen LogP contribution < -0.4 is 0 Å². The molecule has 0 aliphatic rings. The third-order valence-electron chi connectivity index (χ3n) is 1.52. The van der Waals surface area contributed by atoms with Crippen molar-refractivity contribution in [1.82, 2.24) is 0 Å². The third kappa shape index (κ3) is 3.28. The summed E-state index contributed by atoms with van der Waals surface area (Å²) in [7, 11) is -1.38. The van der Waals surface area contributed by atoms with Gasteiger partial charge >= 0.3 is 0 Å². The number of halogens is 2. The molecule has 0 amide bonds. The summed E-state index contributed by atoms with van der Waals surface area (Å²) in [6.45, 7) is 6.48. The Balaban J connectivity index is 3.08. The van der Waals surface area contributed by atoms with Gasteiger partial charge in [0.2, 0.25) is 0 Å². The van der Waals surface area contributed by atoms with Gasteiger partial charge in [0.1, 0.15) is 13.9 Å². The van der Waals surface area contributed by atoms with E-state index < -0.39 is 8.07 Å². The van der Waals surface area contributed by atoms with E-state index in [-0.39, 0.29) is 5.82 Å². The Hall–Kier alpha value is -0.593. The van der Waals surface area contributed by atoms with Gasteiger partial charge in [-0.3, -0.25) is 0 Å². The maximum atomic E-state index is 13.1. The average molecular weight is 271 g/mol. The maximum absolute atomic E-state index is 13.1. The molecule has 1 aromatic rings. The Kier molecular flexibility index (Phi) is 3.52. The Morgan fingerprint density at radius 2 is 1.93 bits per heavy atom. The summed E-state index contributed by atoms with van der Waals surface area (Å²) >= 11 is 3.19. The molecule has 3 heteroatoms. The van der Waals surface area contributed by atoms with Crippen molar-refractivity contribution >= 4 is 24.0 Å². The molecule has 1 aromatic carbocycles. The molecule has 0 saturated heterocycles. The Morgan fingerprint density at radius 3 is 2.50 bits per heavy atom. The van der Waals surface area contributed by atoms with E-state index in [9.17, 15) is 4.39 Å². The Bertz CT molecular complexity index is 396. The van der Waals surface area contributed by atoms with Crippen LogP contribution in [0.25, 0.3) is 0 Å². The molecule has 74 valence electrons. The van der Waals surface area contributed by atoms with Gasteiger partial charge in [-0.1, -0.05) is 31.6 Å². The van der Waals surface area contributed by atoms with E-state index in [1.807, 2.05) is 6.07 Å². The molecule has 0 aliphatic heterocycles. The van der Waals surface area contributed by atoms with Crippen LogP contribution in [0, 0.1) is 17.3 Å². The molecule has 14 heavy (non-hydrogen) atoms. The standard InChI is InChI=1S/C11H12BrFSi/c1-14(2,3)8-7-9-5-4-6-10(13)11(9)12/h4-6H,1-3H3. The van der Waals surface area contributed by atoms with Crippen LogP contribution in [0.2, 0.25) is 19.6 Å². The van der Waals surface area contributed by atoms with E-state index in [4.69, 9.17) is 0 Å². The molecule has 1 rings (SSSR count). The monoisotopic (exact) mass is 270 g/mol. The van der Waals surface area contributed by atoms with Crippen LogP contribution in [0.15, 0.2) is 22.7 Å². The number of hydrogen-bond donors (Lipinski definition) is 0. The second-order valence-electron chi connectivity index (χ2n) is 4.10. The van der Waals surface area contributed by atoms with E-state index in [1.54, 1.807) is 6.07 Å². The van der Waals surface area contributed by atoms with Gasteiger partial charge in [0.25, 0.3) is 0 Å². The quantitative estimate of drug-likeness (QED) is 0.497. The first-order valence-corrected chi connectivity index (χ1v) is 8.66. The van der Waals surface area contributed by atoms with E-state index in [2.05, 4.69) is 47.0 Å². The molecule has 0 aromatic heterocycles. The zero-order chi connectivity index (χ0) is 10.8. The van der Waals surface area contributed by atoms with Gasteiger partial charge in [0, 0.05) is 5.56 Å². The van der Waals surface area contributed by atoms with Crippen molar-refractivity contribution < 1.29 is 4.39 Å². The minimum atomic E-state index is -1.38. The maximum Gasteiger partial charge on any atom is 0.138 e. The minimum Gasteiger partial charge on any atom is -0.206 e. The summed E-state index contributed by atoms with van der Waals surface area (Å²) in [5, 5.41) is 0. The van der Waals surface area contributed by atoms with Crippen LogP contribution in [0.1, 0.15) is 5.56 Å². The topological polar surface area (TPSA) is 0 Å². The highest BCUT2D eigenvalue weighted by atomic mass is 79.9. The van der Waals surface area contributed by atoms with Crippen LogP contribution >= 0.6 is 15.9 Å². The fourth-order valence-electron chi connectivity index (χ4n) is 0.855. The molecule has 0 nitrogen and oxygen atoms in total. The lowest BCUT2D eigenvalue weighted by Crippen LogP contribution is -2.16. The van der Waals surface area contributed by atoms with Crippen molar-refractivity contribution in [2.45, 2.75) is 19.6 Å². The summed E-state index contributed by atoms with van der Waals surface area (Å²) in [6.07, 6.45) is 0. The smallest absolute Gasteiger partial charge is 0.138 e. The van der Waals surface area contributed by atoms with Crippen molar-refractivity contribution in [2.75, 3.05) is 0 Å². The van der Waals surface area contributed by atoms with Crippen LogP contribution in [-0.4, -0.2) is 8.07 Å². The first-order chi connectivity index (χ1) is 6.40. The molecule has 0 N–H and O–H groups in total. The first kappa shape index (κ1) is 11.5. The zero-order valence-electron chi connectivity index (χ0n) is 8.49. The summed E-state index contributed by atoms with van der Waals surface area (Å²) in [6, 6.07) is 4.92. The Morgan fingerprint density at radius 1 is 1.29 bits per heavy atom. The van der Waals surface area contributed by atoms with Gasteiger partial charge in [-0.05, 0) is 28.1 Å². The normalized spacial score (nSPS) is 10.6. The molecule has 0 atom stereocenters. The predicted molar refractivity (Wildman–Crippen MR) is 64.3 cm³/mol. The van der Waals surface area contributed by atoms with Gasteiger partial charge < -0.3 is 0 Å². The molecule has 0 radical (unpaired) electrons. The van der Waals surface area contributed by atoms with Gasteiger partial charge in [-0.15, -0.1) is 5.54 Å². The molecular formula is C11H12BrFSi. The van der Waals surface area contributed by atoms with E-state index in [0.717, 1.165) is 5.56 Å². The van der Waals surface area contributed by atoms with Crippen molar-refractivity contribution in [3.63, 3.8) is 0 Å². The molecule has 0 fully saturated rings. The summed E-state index contributed by atoms with van der Waals surface area (Å²) in [5.74, 6) is 2.76. The van der Waals surface area contributed by atoms with Crippen LogP contribution in [0.3, 0.4) is 0 Å². The first-order valence-electron chi connectivity index (χ1n) is 4.37. The largest absolute Gasteiger partial charge is 0.206 e. The lowest BCUT2D eigenvalue weighted by molar-refractivity contribution is 0.620. The van der Waals surface area contributed by atoms with Gasteiger partial charge in [0.15, 0.2) is 0 Å². The van der Waals surface area contributed by atoms with Gasteiger partial charge in [-0.25, -0.2) is 4.39 Å². The van der Waals surface area contributed by atoms with Crippen LogP contribution in [0.4, 0.5) is 4.39 Å². The second kappa shape index (κ2) is 4.29. The van der Waals surface area contributed by atoms with E-state index in [1.165, 1.54) is 6.07 Å². The molecule has 0 spiro atoms. The summed E-state index contributed by atoms with van der Waals surface area (Å²) in [5.41, 5.74) is 3.93. The molecule has 0 heterocycles. The number of benzene rings is 1. The molecule has 0 bridgehead atoms. The SMILES string of the molecule is C[Si](C)(C)C#Cc1cccc(F)c1Br. The van der Waals surface area contributed by atoms with Crippen molar-refractivity contribution in [3.8, 4) is 11.5 Å². The third-order valence-corrected chi connectivity index (χ3v) is 3.20. The fraction of sp³-hybridized carbons (Fsp3) is 0.273. The summed E-state index contributed by atoms with van der Waals surface area (Å²) in [4.78, 5) is 0. The van der Waals surface area contributed by atoms with Crippen molar-refractivity contribution in [3.05, 3.63) is 34.1 Å². The van der Waals surface area contributed by atoms with Gasteiger partial charge in [0.05, 0.1) is 4.47 Å². The highest BCUT2D eigenvalue weighted by Crippen LogP contribution is 2.19. The molecule has 0 unspecified atom stereocenters. The fourth-order valence-corrected chi connectivity index (χ4v) is 1.73. The minimum absolute atomic E-state index is 0.257. The number of hydrogen-bond acceptors (Lipinski definition) is 0. The number of rotatable bonds is 0. The highest BCUT2D eigenvalue weighted by molar-refractivity contribution is 9.10. The van der Waals surface area contributed by atoms with Crippen molar-refractivity contribution in [1.29, 1.82) is 0 Å². The van der Waals surface area contributed by atoms with E-state index in [0.29, 0.717) is 4.47 Å². The lowest BCUT2D eigenvalue weighted by atomic mass is 10.2. The van der Waals surface area contributed by atoms with Crippen LogP contribution in [0.5, 0.6) is 0 Å². The average Bonchev–Trinajstić information content (AvgIpc) is 2.06. The van der Waals surface area contributed by atoms with Gasteiger partial charge in [-0.2, -0.15) is 0 Å². The molecule has 0 aliphatic carbocycles. The van der Waals surface area contributed by atoms with Crippen molar-refractivity contribution in [2.24, 2.45) is 0 Å². The van der Waals surface area contributed by atoms with E-state index >= 15 is 0 Å². The predicted octanol–water partition coefficient (Wildman–Crippen LogP) is 3.82. The highest BCUT2D eigenvalue weighted by Gasteiger charge is 2.08. The molecular weight excluding hydrogens is 259 g/mol. The lowest BCUT2D eigenvalue weighted by Gasteiger charge is -2.04.